The maximum absolute atomic E-state index is 8.70. The summed E-state index contributed by atoms with van der Waals surface area (Å²) in [7, 11) is 4.03. The van der Waals surface area contributed by atoms with Crippen LogP contribution in [0.5, 0.6) is 0 Å². The molecule has 0 aliphatic carbocycles. The second kappa shape index (κ2) is 4.34. The van der Waals surface area contributed by atoms with Gasteiger partial charge in [-0.1, -0.05) is 6.92 Å². The third-order valence-electron chi connectivity index (χ3n) is 1.74. The average molecular weight is 143 g/mol. The zero-order valence-electron chi connectivity index (χ0n) is 7.26. The van der Waals surface area contributed by atoms with E-state index in [1.54, 1.807) is 0 Å². The molecular formula is C8H17NO. The van der Waals surface area contributed by atoms with Crippen molar-refractivity contribution >= 4 is 0 Å². The van der Waals surface area contributed by atoms with Crippen molar-refractivity contribution in [3.8, 4) is 0 Å². The van der Waals surface area contributed by atoms with E-state index in [1.165, 1.54) is 6.26 Å². The Morgan fingerprint density at radius 1 is 1.60 bits per heavy atom. The van der Waals surface area contributed by atoms with E-state index in [0.29, 0.717) is 6.04 Å². The highest BCUT2D eigenvalue weighted by atomic mass is 16.2. The van der Waals surface area contributed by atoms with Crippen molar-refractivity contribution in [2.24, 2.45) is 0 Å². The van der Waals surface area contributed by atoms with Gasteiger partial charge in [0, 0.05) is 6.04 Å². The predicted molar refractivity (Wildman–Crippen MR) is 44.2 cm³/mol. The number of aliphatic hydroxyl groups is 1. The molecule has 0 bridgehead atoms. The fraction of sp³-hybridized carbons (Fsp3) is 0.750. The molecule has 0 radical (unpaired) electrons. The first-order chi connectivity index (χ1) is 4.63. The fourth-order valence-corrected chi connectivity index (χ4v) is 1.18. The van der Waals surface area contributed by atoms with Crippen LogP contribution >= 0.6 is 0 Å². The molecule has 1 N–H and O–H groups in total. The molecule has 0 spiro atoms. The molecule has 2 nitrogen and oxygen atoms in total. The van der Waals surface area contributed by atoms with Crippen LogP contribution < -0.4 is 0 Å². The Bertz CT molecular complexity index is 118. The molecule has 0 amide bonds. The Hall–Kier alpha value is -0.500. The molecule has 0 fully saturated rings. The lowest BCUT2D eigenvalue weighted by atomic mass is 10.1. The minimum Gasteiger partial charge on any atom is -0.516 e. The topological polar surface area (TPSA) is 23.5 Å². The number of rotatable bonds is 3. The van der Waals surface area contributed by atoms with Crippen LogP contribution in [0.15, 0.2) is 11.8 Å². The van der Waals surface area contributed by atoms with Crippen molar-refractivity contribution in [3.63, 3.8) is 0 Å². The van der Waals surface area contributed by atoms with Gasteiger partial charge in [-0.05, 0) is 33.0 Å². The van der Waals surface area contributed by atoms with E-state index < -0.39 is 0 Å². The summed E-state index contributed by atoms with van der Waals surface area (Å²) in [5.41, 5.74) is 1.02. The average Bonchev–Trinajstić information content (AvgIpc) is 1.88. The zero-order valence-corrected chi connectivity index (χ0v) is 7.26. The molecule has 0 aromatic heterocycles. The van der Waals surface area contributed by atoms with E-state index in [2.05, 4.69) is 11.8 Å². The molecule has 0 aliphatic rings. The smallest absolute Gasteiger partial charge is 0.0796 e. The predicted octanol–water partition coefficient (Wildman–Crippen LogP) is 1.79. The second-order valence-corrected chi connectivity index (χ2v) is 2.76. The number of nitrogens with zero attached hydrogens (tertiary/aromatic N) is 1. The maximum atomic E-state index is 8.70. The Labute approximate surface area is 63.2 Å². The summed E-state index contributed by atoms with van der Waals surface area (Å²) in [5, 5.41) is 8.70. The first-order valence-electron chi connectivity index (χ1n) is 3.60. The minimum atomic E-state index is 0.380. The third kappa shape index (κ3) is 2.40. The highest BCUT2D eigenvalue weighted by Crippen LogP contribution is 2.09. The first kappa shape index (κ1) is 9.50. The number of hydrogen-bond donors (Lipinski definition) is 1. The van der Waals surface area contributed by atoms with Gasteiger partial charge < -0.3 is 10.0 Å². The monoisotopic (exact) mass is 143 g/mol. The highest BCUT2D eigenvalue weighted by Gasteiger charge is 2.09. The fourth-order valence-electron chi connectivity index (χ4n) is 1.18. The van der Waals surface area contributed by atoms with Gasteiger partial charge in [-0.25, -0.2) is 0 Å². The van der Waals surface area contributed by atoms with Crippen LogP contribution in [0.2, 0.25) is 0 Å². The van der Waals surface area contributed by atoms with Crippen LogP contribution in [0.4, 0.5) is 0 Å². The molecule has 0 aromatic rings. The molecule has 10 heavy (non-hydrogen) atoms. The van der Waals surface area contributed by atoms with Gasteiger partial charge in [0.2, 0.25) is 0 Å². The van der Waals surface area contributed by atoms with Gasteiger partial charge >= 0.3 is 0 Å². The maximum Gasteiger partial charge on any atom is 0.0796 e. The van der Waals surface area contributed by atoms with Crippen LogP contribution in [0.1, 0.15) is 20.3 Å². The van der Waals surface area contributed by atoms with Crippen molar-refractivity contribution in [1.82, 2.24) is 4.90 Å². The first-order valence-corrected chi connectivity index (χ1v) is 3.60. The number of likely N-dealkylation sites (N-methyl/N-ethyl adjacent to an activating group) is 1. The summed E-state index contributed by atoms with van der Waals surface area (Å²) in [5.74, 6) is 0. The van der Waals surface area contributed by atoms with E-state index in [1.807, 2.05) is 21.0 Å². The number of aliphatic hydroxyl groups excluding tert-OH is 1. The van der Waals surface area contributed by atoms with Crippen LogP contribution in [0.25, 0.3) is 0 Å². The van der Waals surface area contributed by atoms with Gasteiger partial charge in [0.05, 0.1) is 6.26 Å². The van der Waals surface area contributed by atoms with Crippen molar-refractivity contribution < 1.29 is 5.11 Å². The SMILES string of the molecule is CCC(C(C)=CO)N(C)C. The molecule has 0 aliphatic heterocycles. The van der Waals surface area contributed by atoms with Gasteiger partial charge in [-0.15, -0.1) is 0 Å². The minimum absolute atomic E-state index is 0.380. The molecule has 1 atom stereocenters. The largest absolute Gasteiger partial charge is 0.516 e. The lowest BCUT2D eigenvalue weighted by molar-refractivity contribution is 0.314. The van der Waals surface area contributed by atoms with Crippen molar-refractivity contribution in [1.29, 1.82) is 0 Å². The zero-order chi connectivity index (χ0) is 8.15. The van der Waals surface area contributed by atoms with Gasteiger partial charge in [-0.3, -0.25) is 0 Å². The summed E-state index contributed by atoms with van der Waals surface area (Å²) >= 11 is 0. The molecular weight excluding hydrogens is 126 g/mol. The standard InChI is InChI=1S/C8H17NO/c1-5-8(9(3)4)7(2)6-10/h6,8,10H,5H2,1-4H3. The number of hydrogen-bond acceptors (Lipinski definition) is 2. The molecule has 60 valence electrons. The Morgan fingerprint density at radius 2 is 2.10 bits per heavy atom. The summed E-state index contributed by atoms with van der Waals surface area (Å²) in [6, 6.07) is 0.380. The molecule has 0 saturated heterocycles. The molecule has 0 saturated carbocycles. The normalized spacial score (nSPS) is 15.9. The molecule has 2 heteroatoms. The third-order valence-corrected chi connectivity index (χ3v) is 1.74. The van der Waals surface area contributed by atoms with Gasteiger partial charge in [0.1, 0.15) is 0 Å². The lowest BCUT2D eigenvalue weighted by Crippen LogP contribution is -2.28. The van der Waals surface area contributed by atoms with E-state index >= 15 is 0 Å². The quantitative estimate of drug-likeness (QED) is 0.609. The molecule has 0 heterocycles. The van der Waals surface area contributed by atoms with E-state index in [4.69, 9.17) is 5.11 Å². The van der Waals surface area contributed by atoms with Gasteiger partial charge in [-0.2, -0.15) is 0 Å². The molecule has 1 unspecified atom stereocenters. The van der Waals surface area contributed by atoms with Crippen molar-refractivity contribution in [2.45, 2.75) is 26.3 Å². The van der Waals surface area contributed by atoms with Gasteiger partial charge in [0.15, 0.2) is 0 Å². The Morgan fingerprint density at radius 3 is 2.20 bits per heavy atom. The summed E-state index contributed by atoms with van der Waals surface area (Å²) in [6.45, 7) is 4.05. The van der Waals surface area contributed by atoms with E-state index in [0.717, 1.165) is 12.0 Å². The van der Waals surface area contributed by atoms with Crippen molar-refractivity contribution in [3.05, 3.63) is 11.8 Å². The highest BCUT2D eigenvalue weighted by molar-refractivity contribution is 5.03. The summed E-state index contributed by atoms with van der Waals surface area (Å²) in [6.07, 6.45) is 2.23. The van der Waals surface area contributed by atoms with E-state index in [-0.39, 0.29) is 0 Å². The summed E-state index contributed by atoms with van der Waals surface area (Å²) < 4.78 is 0. The Kier molecular flexibility index (Phi) is 4.12. The van der Waals surface area contributed by atoms with Crippen molar-refractivity contribution in [2.75, 3.05) is 14.1 Å². The van der Waals surface area contributed by atoms with Gasteiger partial charge in [0.25, 0.3) is 0 Å². The lowest BCUT2D eigenvalue weighted by Gasteiger charge is -2.22. The van der Waals surface area contributed by atoms with E-state index in [9.17, 15) is 0 Å². The Balaban J connectivity index is 4.07. The molecule has 0 rings (SSSR count). The second-order valence-electron chi connectivity index (χ2n) is 2.76. The molecule has 0 aromatic carbocycles. The van der Waals surface area contributed by atoms with Crippen LogP contribution in [0.3, 0.4) is 0 Å². The summed E-state index contributed by atoms with van der Waals surface area (Å²) in [4.78, 5) is 2.10. The van der Waals surface area contributed by atoms with Crippen LogP contribution in [0, 0.1) is 0 Å². The van der Waals surface area contributed by atoms with Crippen LogP contribution in [-0.2, 0) is 0 Å². The van der Waals surface area contributed by atoms with Crippen LogP contribution in [-0.4, -0.2) is 30.1 Å².